The van der Waals surface area contributed by atoms with E-state index < -0.39 is 4.92 Å². The number of hydrogen-bond donors (Lipinski definition) is 1. The number of benzene rings is 1. The molecule has 0 atom stereocenters. The molecule has 0 saturated carbocycles. The Labute approximate surface area is 105 Å². The number of halogens is 1. The Morgan fingerprint density at radius 3 is 2.65 bits per heavy atom. The highest BCUT2D eigenvalue weighted by molar-refractivity contribution is 9.10. The average molecular weight is 294 g/mol. The molecule has 0 saturated heterocycles. The lowest BCUT2D eigenvalue weighted by Gasteiger charge is -1.93. The molecule has 1 heterocycles. The molecule has 0 aliphatic rings. The van der Waals surface area contributed by atoms with Gasteiger partial charge in [-0.05, 0) is 33.7 Å². The Hall–Kier alpha value is -1.95. The van der Waals surface area contributed by atoms with E-state index in [1.807, 2.05) is 24.3 Å². The molecule has 0 aliphatic carbocycles. The smallest absolute Gasteiger partial charge is 0.358 e. The molecule has 0 fully saturated rings. The molecule has 1 aromatic heterocycles. The summed E-state index contributed by atoms with van der Waals surface area (Å²) in [6.07, 6.45) is 4.72. The molecule has 2 rings (SSSR count). The molecule has 0 amide bonds. The van der Waals surface area contributed by atoms with Crippen molar-refractivity contribution < 1.29 is 4.92 Å². The predicted octanol–water partition coefficient (Wildman–Crippen LogP) is 3.25. The molecule has 6 heteroatoms. The van der Waals surface area contributed by atoms with E-state index in [2.05, 4.69) is 25.9 Å². The number of rotatable bonds is 3. The van der Waals surface area contributed by atoms with Crippen LogP contribution in [0, 0.1) is 10.1 Å². The molecule has 0 unspecified atom stereocenters. The van der Waals surface area contributed by atoms with Gasteiger partial charge in [0.15, 0.2) is 0 Å². The van der Waals surface area contributed by atoms with Crippen LogP contribution >= 0.6 is 15.9 Å². The van der Waals surface area contributed by atoms with Crippen molar-refractivity contribution in [3.63, 3.8) is 0 Å². The number of nitrogens with zero attached hydrogens (tertiary/aromatic N) is 2. The Balaban J connectivity index is 2.23. The topological polar surface area (TPSA) is 71.8 Å². The lowest BCUT2D eigenvalue weighted by atomic mass is 10.2. The van der Waals surface area contributed by atoms with Gasteiger partial charge in [0, 0.05) is 4.47 Å². The van der Waals surface area contributed by atoms with Crippen LogP contribution in [0.3, 0.4) is 0 Å². The maximum absolute atomic E-state index is 10.6. The third-order valence-corrected chi connectivity index (χ3v) is 2.66. The Kier molecular flexibility index (Phi) is 3.34. The summed E-state index contributed by atoms with van der Waals surface area (Å²) >= 11 is 3.34. The second-order valence-corrected chi connectivity index (χ2v) is 4.20. The van der Waals surface area contributed by atoms with Gasteiger partial charge in [-0.25, -0.2) is 0 Å². The highest BCUT2D eigenvalue weighted by atomic mass is 79.9. The van der Waals surface area contributed by atoms with Crippen LogP contribution in [0.1, 0.15) is 11.3 Å². The van der Waals surface area contributed by atoms with Gasteiger partial charge < -0.3 is 15.1 Å². The lowest BCUT2D eigenvalue weighted by Crippen LogP contribution is -1.89. The second kappa shape index (κ2) is 4.92. The summed E-state index contributed by atoms with van der Waals surface area (Å²) in [7, 11) is 0. The molecule has 5 nitrogen and oxygen atoms in total. The lowest BCUT2D eigenvalue weighted by molar-refractivity contribution is -0.389. The van der Waals surface area contributed by atoms with Gasteiger partial charge in [-0.2, -0.15) is 0 Å². The zero-order valence-electron chi connectivity index (χ0n) is 8.63. The van der Waals surface area contributed by atoms with Crippen LogP contribution in [0.2, 0.25) is 0 Å². The highest BCUT2D eigenvalue weighted by Gasteiger charge is 2.13. The Bertz CT molecular complexity index is 560. The van der Waals surface area contributed by atoms with E-state index in [0.29, 0.717) is 5.69 Å². The Morgan fingerprint density at radius 1 is 1.29 bits per heavy atom. The quantitative estimate of drug-likeness (QED) is 0.697. The maximum atomic E-state index is 10.6. The highest BCUT2D eigenvalue weighted by Crippen LogP contribution is 2.17. The summed E-state index contributed by atoms with van der Waals surface area (Å²) in [4.78, 5) is 16.5. The van der Waals surface area contributed by atoms with Crippen molar-refractivity contribution in [3.8, 4) is 0 Å². The van der Waals surface area contributed by atoms with Crippen LogP contribution in [-0.2, 0) is 0 Å². The van der Waals surface area contributed by atoms with Gasteiger partial charge in [0.25, 0.3) is 0 Å². The van der Waals surface area contributed by atoms with Crippen LogP contribution in [0.5, 0.6) is 0 Å². The number of nitrogens with one attached hydrogen (secondary N) is 1. The molecular weight excluding hydrogens is 286 g/mol. The van der Waals surface area contributed by atoms with Gasteiger partial charge >= 0.3 is 5.82 Å². The minimum atomic E-state index is -0.516. The first kappa shape index (κ1) is 11.5. The van der Waals surface area contributed by atoms with Crippen molar-refractivity contribution in [3.05, 3.63) is 56.4 Å². The zero-order chi connectivity index (χ0) is 12.3. The molecule has 0 radical (unpaired) electrons. The van der Waals surface area contributed by atoms with Crippen molar-refractivity contribution in [1.82, 2.24) is 9.97 Å². The largest absolute Gasteiger partial charge is 0.388 e. The third kappa shape index (κ3) is 2.79. The number of hydrogen-bond acceptors (Lipinski definition) is 3. The number of H-pyrrole nitrogens is 1. The molecule has 17 heavy (non-hydrogen) atoms. The van der Waals surface area contributed by atoms with Crippen molar-refractivity contribution in [2.24, 2.45) is 0 Å². The monoisotopic (exact) mass is 293 g/mol. The molecule has 1 N–H and O–H groups in total. The number of aromatic amines is 1. The number of imidazole rings is 1. The van der Waals surface area contributed by atoms with Gasteiger partial charge in [0.1, 0.15) is 5.69 Å². The summed E-state index contributed by atoms with van der Waals surface area (Å²) in [5.41, 5.74) is 1.34. The Morgan fingerprint density at radius 2 is 2.00 bits per heavy atom. The van der Waals surface area contributed by atoms with Gasteiger partial charge in [-0.15, -0.1) is 0 Å². The standard InChI is InChI=1S/C11H8BrN3O2/c12-9-4-1-8(2-5-9)3-6-10-11(15(16)17)14-7-13-10/h1-7H,(H,13,14)/b6-3+. The first-order valence-corrected chi connectivity index (χ1v) is 5.57. The molecule has 0 aliphatic heterocycles. The van der Waals surface area contributed by atoms with Crippen LogP contribution in [0.25, 0.3) is 12.2 Å². The summed E-state index contributed by atoms with van der Waals surface area (Å²) in [6, 6.07) is 7.62. The molecule has 1 aromatic carbocycles. The normalized spacial score (nSPS) is 10.9. The number of nitro groups is 1. The van der Waals surface area contributed by atoms with E-state index in [-0.39, 0.29) is 5.82 Å². The first-order valence-electron chi connectivity index (χ1n) is 4.78. The number of aromatic nitrogens is 2. The fourth-order valence-electron chi connectivity index (χ4n) is 1.32. The van der Waals surface area contributed by atoms with E-state index in [9.17, 15) is 10.1 Å². The van der Waals surface area contributed by atoms with Crippen LogP contribution in [-0.4, -0.2) is 14.9 Å². The second-order valence-electron chi connectivity index (χ2n) is 3.28. The van der Waals surface area contributed by atoms with Crippen LogP contribution in [0.4, 0.5) is 5.82 Å². The third-order valence-electron chi connectivity index (χ3n) is 2.13. The van der Waals surface area contributed by atoms with E-state index >= 15 is 0 Å². The van der Waals surface area contributed by atoms with E-state index in [1.165, 1.54) is 6.33 Å². The minimum absolute atomic E-state index is 0.168. The summed E-state index contributed by atoms with van der Waals surface area (Å²) in [5, 5.41) is 10.6. The summed E-state index contributed by atoms with van der Waals surface area (Å²) in [5.74, 6) is -0.168. The van der Waals surface area contributed by atoms with Crippen molar-refractivity contribution in [1.29, 1.82) is 0 Å². The molecule has 0 spiro atoms. The molecule has 2 aromatic rings. The molecule has 0 bridgehead atoms. The molecular formula is C11H8BrN3O2. The van der Waals surface area contributed by atoms with Crippen molar-refractivity contribution in [2.45, 2.75) is 0 Å². The fourth-order valence-corrected chi connectivity index (χ4v) is 1.58. The fraction of sp³-hybridized carbons (Fsp3) is 0. The van der Waals surface area contributed by atoms with Crippen molar-refractivity contribution >= 4 is 33.9 Å². The van der Waals surface area contributed by atoms with E-state index in [1.54, 1.807) is 12.2 Å². The van der Waals surface area contributed by atoms with Gasteiger partial charge in [0.05, 0.1) is 0 Å². The van der Waals surface area contributed by atoms with Crippen LogP contribution in [0.15, 0.2) is 35.1 Å². The zero-order valence-corrected chi connectivity index (χ0v) is 10.2. The SMILES string of the molecule is O=[N+]([O-])c1nc[nH]c1/C=C/c1ccc(Br)cc1. The van der Waals surface area contributed by atoms with Crippen LogP contribution < -0.4 is 0 Å². The maximum Gasteiger partial charge on any atom is 0.388 e. The van der Waals surface area contributed by atoms with E-state index in [0.717, 1.165) is 10.0 Å². The van der Waals surface area contributed by atoms with Gasteiger partial charge in [-0.3, -0.25) is 0 Å². The predicted molar refractivity (Wildman–Crippen MR) is 68.3 cm³/mol. The van der Waals surface area contributed by atoms with Crippen molar-refractivity contribution in [2.75, 3.05) is 0 Å². The van der Waals surface area contributed by atoms with E-state index in [4.69, 9.17) is 0 Å². The average Bonchev–Trinajstić information content (AvgIpc) is 2.76. The molecule has 86 valence electrons. The summed E-state index contributed by atoms with van der Waals surface area (Å²) < 4.78 is 0.988. The van der Waals surface area contributed by atoms with Gasteiger partial charge in [0.2, 0.25) is 6.33 Å². The minimum Gasteiger partial charge on any atom is -0.358 e. The first-order chi connectivity index (χ1) is 8.16. The summed E-state index contributed by atoms with van der Waals surface area (Å²) in [6.45, 7) is 0. The van der Waals surface area contributed by atoms with Gasteiger partial charge in [-0.1, -0.05) is 34.1 Å².